The molecule has 0 bridgehead atoms. The van der Waals surface area contributed by atoms with Crippen LogP contribution in [-0.4, -0.2) is 40.7 Å². The normalized spacial score (nSPS) is 21.4. The minimum Gasteiger partial charge on any atom is -0.481 e. The number of carbonyl (C=O) groups excluding carboxylic acids is 2. The summed E-state index contributed by atoms with van der Waals surface area (Å²) in [5.74, 6) is -1.82. The van der Waals surface area contributed by atoms with Gasteiger partial charge in [-0.05, 0) is 4.43 Å². The number of hydrogen-bond acceptors (Lipinski definition) is 5. The molecule has 6 nitrogen and oxygen atoms in total. The fraction of sp³-hybridized carbons (Fsp3) is 0.615. The molecular weight excluding hydrogens is 760 g/mol. The van der Waals surface area contributed by atoms with Gasteiger partial charge in [-0.1, -0.05) is 35.6 Å². The quantitative estimate of drug-likeness (QED) is 0.191. The van der Waals surface area contributed by atoms with Gasteiger partial charge in [0.25, 0.3) is 0 Å². The van der Waals surface area contributed by atoms with E-state index in [-0.39, 0.29) is 24.9 Å². The van der Waals surface area contributed by atoms with Gasteiger partial charge in [-0.15, -0.1) is 6.58 Å². The number of halogens is 4. The molecule has 0 aromatic heterocycles. The van der Waals surface area contributed by atoms with E-state index in [9.17, 15) is 14.4 Å². The summed E-state index contributed by atoms with van der Waals surface area (Å²) in [5.41, 5.74) is 0. The molecule has 1 N–H and O–H groups in total. The van der Waals surface area contributed by atoms with Crippen molar-refractivity contribution in [3.63, 3.8) is 0 Å². The van der Waals surface area contributed by atoms with E-state index >= 15 is 0 Å². The Labute approximate surface area is 179 Å². The van der Waals surface area contributed by atoms with Gasteiger partial charge in [0.1, 0.15) is 12.5 Å². The molecule has 2 unspecified atom stereocenters. The first kappa shape index (κ1) is 26.3. The largest absolute Gasteiger partial charge is 0.481 e. The van der Waals surface area contributed by atoms with Crippen molar-refractivity contribution < 1.29 is 42.2 Å². The first-order chi connectivity index (χ1) is 10.9. The number of hydrogen-bond donors (Lipinski definition) is 1. The molecule has 0 aliphatic carbocycles. The summed E-state index contributed by atoms with van der Waals surface area (Å²) in [7, 11) is 0. The molecule has 0 saturated carbocycles. The second-order valence-corrected chi connectivity index (χ2v) is 21.9. The van der Waals surface area contributed by atoms with Gasteiger partial charge in [-0.2, -0.15) is 0 Å². The summed E-state index contributed by atoms with van der Waals surface area (Å²) >= 11 is 7.59. The standard InChI is InChI=1S/C6H8O2.C5H6O4.C2H5I.I3/c1-2-5-3-6(7)8-4-5;6-4-1-3(2-9-4)5(7)8;1-2-3;1-3-2/h2,5H,1,3-4H2;3H,1-2H2,(H,7,8);2H2,1H3;/q;;;-1. The van der Waals surface area contributed by atoms with Gasteiger partial charge >= 0.3 is 68.4 Å². The number of carboxylic acid groups (broad SMARTS) is 1. The Morgan fingerprint density at radius 3 is 1.91 bits per heavy atom. The van der Waals surface area contributed by atoms with E-state index in [4.69, 9.17) is 5.11 Å². The fourth-order valence-electron chi connectivity index (χ4n) is 1.35. The third kappa shape index (κ3) is 16.3. The molecule has 2 fully saturated rings. The molecule has 0 aromatic rings. The van der Waals surface area contributed by atoms with Crippen LogP contribution in [0.1, 0.15) is 19.8 Å². The number of carboxylic acids is 1. The zero-order chi connectivity index (χ0) is 18.3. The molecule has 23 heavy (non-hydrogen) atoms. The Kier molecular flexibility index (Phi) is 20.4. The number of carbonyl (C=O) groups is 3. The van der Waals surface area contributed by atoms with Crippen molar-refractivity contribution in [1.29, 1.82) is 0 Å². The number of rotatable bonds is 2. The molecule has 2 heterocycles. The van der Waals surface area contributed by atoms with Crippen molar-refractivity contribution in [3.05, 3.63) is 12.7 Å². The summed E-state index contributed by atoms with van der Waals surface area (Å²) in [6, 6.07) is 0. The van der Waals surface area contributed by atoms with Crippen LogP contribution in [0, 0.1) is 11.8 Å². The van der Waals surface area contributed by atoms with E-state index in [1.807, 2.05) is 0 Å². The predicted molar refractivity (Wildman–Crippen MR) is 109 cm³/mol. The summed E-state index contributed by atoms with van der Waals surface area (Å²) in [5, 5.41) is 8.30. The van der Waals surface area contributed by atoms with Crippen molar-refractivity contribution in [2.24, 2.45) is 11.8 Å². The van der Waals surface area contributed by atoms with Crippen LogP contribution in [-0.2, 0) is 23.9 Å². The van der Waals surface area contributed by atoms with Gasteiger partial charge in [0.2, 0.25) is 0 Å². The molecular formula is C13H19I4O6-. The van der Waals surface area contributed by atoms with E-state index in [2.05, 4.69) is 82.8 Å². The van der Waals surface area contributed by atoms with E-state index in [1.165, 1.54) is 4.43 Å². The van der Waals surface area contributed by atoms with Gasteiger partial charge in [0, 0.05) is 5.92 Å². The first-order valence-corrected chi connectivity index (χ1v) is 20.5. The van der Waals surface area contributed by atoms with Crippen LogP contribution in [0.25, 0.3) is 0 Å². The Morgan fingerprint density at radius 1 is 1.30 bits per heavy atom. The average Bonchev–Trinajstić information content (AvgIpc) is 3.10. The molecule has 0 spiro atoms. The Balaban J connectivity index is 0. The molecule has 0 aromatic carbocycles. The van der Waals surface area contributed by atoms with Gasteiger partial charge in [0.05, 0.1) is 19.4 Å². The molecule has 10 heteroatoms. The number of alkyl halides is 1. The molecule has 0 amide bonds. The minimum absolute atomic E-state index is 0.0231. The van der Waals surface area contributed by atoms with Crippen molar-refractivity contribution in [3.8, 4) is 0 Å². The Hall–Kier alpha value is 1.07. The van der Waals surface area contributed by atoms with Crippen LogP contribution < -0.4 is 13.3 Å². The molecule has 2 saturated heterocycles. The molecule has 0 radical (unpaired) electrons. The number of aliphatic carboxylic acids is 1. The smallest absolute Gasteiger partial charge is 0.310 e. The van der Waals surface area contributed by atoms with Crippen LogP contribution in [0.15, 0.2) is 12.7 Å². The van der Waals surface area contributed by atoms with E-state index in [1.54, 1.807) is 6.08 Å². The summed E-state index contributed by atoms with van der Waals surface area (Å²) in [6.07, 6.45) is 2.30. The minimum atomic E-state index is -0.958. The van der Waals surface area contributed by atoms with Crippen LogP contribution in [0.4, 0.5) is 0 Å². The zero-order valence-corrected chi connectivity index (χ0v) is 21.1. The van der Waals surface area contributed by atoms with Gasteiger partial charge in [-0.25, -0.2) is 0 Å². The average molecular weight is 779 g/mol. The third-order valence-corrected chi connectivity index (χ3v) is 2.43. The second kappa shape index (κ2) is 17.9. The maximum atomic E-state index is 10.3. The summed E-state index contributed by atoms with van der Waals surface area (Å²) in [4.78, 5) is 30.7. The van der Waals surface area contributed by atoms with Crippen LogP contribution >= 0.6 is 59.8 Å². The fourth-order valence-corrected chi connectivity index (χ4v) is 1.35. The number of esters is 2. The van der Waals surface area contributed by atoms with Crippen molar-refractivity contribution in [1.82, 2.24) is 0 Å². The van der Waals surface area contributed by atoms with Crippen LogP contribution in [0.3, 0.4) is 0 Å². The maximum Gasteiger partial charge on any atom is 0.310 e. The van der Waals surface area contributed by atoms with E-state index in [0.29, 0.717) is 26.3 Å². The molecule has 2 aliphatic rings. The maximum absolute atomic E-state index is 10.3. The van der Waals surface area contributed by atoms with Crippen LogP contribution in [0.5, 0.6) is 0 Å². The predicted octanol–water partition coefficient (Wildman–Crippen LogP) is 0.586. The number of ether oxygens (including phenoxy) is 2. The Morgan fingerprint density at radius 2 is 1.74 bits per heavy atom. The van der Waals surface area contributed by atoms with E-state index < -0.39 is 17.9 Å². The monoisotopic (exact) mass is 779 g/mol. The van der Waals surface area contributed by atoms with Gasteiger partial charge in [0.15, 0.2) is 0 Å². The SMILES string of the molecule is C=CC1COC(=O)C1.CCI.I[I-]I.O=C1CC(C(=O)O)CO1. The Bertz CT molecular complexity index is 375. The number of cyclic esters (lactones) is 2. The topological polar surface area (TPSA) is 89.9 Å². The molecule has 2 rings (SSSR count). The van der Waals surface area contributed by atoms with Gasteiger partial charge < -0.3 is 14.6 Å². The van der Waals surface area contributed by atoms with Crippen molar-refractivity contribution >= 4 is 77.7 Å². The summed E-state index contributed by atoms with van der Waals surface area (Å²) < 4.78 is 10.3. The molecule has 2 aliphatic heterocycles. The van der Waals surface area contributed by atoms with E-state index in [0.717, 1.165) is 0 Å². The van der Waals surface area contributed by atoms with Crippen LogP contribution in [0.2, 0.25) is 0 Å². The summed E-state index contributed by atoms with van der Waals surface area (Å²) in [6.45, 7) is 6.22. The van der Waals surface area contributed by atoms with Gasteiger partial charge in [-0.3, -0.25) is 14.4 Å². The first-order valence-electron chi connectivity index (χ1n) is 6.45. The van der Waals surface area contributed by atoms with Crippen molar-refractivity contribution in [2.75, 3.05) is 17.6 Å². The zero-order valence-electron chi connectivity index (χ0n) is 12.5. The second-order valence-electron chi connectivity index (χ2n) is 4.13. The van der Waals surface area contributed by atoms with Crippen molar-refractivity contribution in [2.45, 2.75) is 19.8 Å². The molecule has 2 atom stereocenters. The molecule has 136 valence electrons. The third-order valence-electron chi connectivity index (χ3n) is 2.43.